The van der Waals surface area contributed by atoms with E-state index in [1.165, 1.54) is 6.20 Å². The molecule has 0 bridgehead atoms. The second-order valence-electron chi connectivity index (χ2n) is 8.81. The molecule has 0 spiro atoms. The van der Waals surface area contributed by atoms with Crippen molar-refractivity contribution in [2.45, 2.75) is 56.0 Å². The first-order chi connectivity index (χ1) is 18.4. The molecule has 2 saturated heterocycles. The molecule has 19 heteroatoms. The van der Waals surface area contributed by atoms with Crippen LogP contribution in [0.2, 0.25) is 0 Å². The molecule has 0 radical (unpaired) electrons. The highest BCUT2D eigenvalue weighted by molar-refractivity contribution is 6.72. The van der Waals surface area contributed by atoms with Gasteiger partial charge in [0.2, 0.25) is 5.96 Å². The van der Waals surface area contributed by atoms with Gasteiger partial charge in [0.15, 0.2) is 24.0 Å². The number of carbonyl (C=O) groups is 2. The van der Waals surface area contributed by atoms with Gasteiger partial charge in [0, 0.05) is 11.8 Å². The zero-order chi connectivity index (χ0) is 28.8. The minimum atomic E-state index is -1.51. The first-order valence-electron chi connectivity index (χ1n) is 11.4. The maximum Gasteiger partial charge on any atom is 0.352 e. The predicted octanol–water partition coefficient (Wildman–Crippen LogP) is -5.49. The number of nitrogens with zero attached hydrogens (tertiary/aromatic N) is 5. The largest absolute Gasteiger partial charge is 0.394 e. The van der Waals surface area contributed by atoms with Crippen LogP contribution in [0, 0.1) is 12.3 Å². The molecule has 5 heterocycles. The van der Waals surface area contributed by atoms with Crippen LogP contribution in [0.4, 0.5) is 10.6 Å². The molecule has 39 heavy (non-hydrogen) atoms. The predicted molar refractivity (Wildman–Crippen MR) is 126 cm³/mol. The maximum absolute atomic E-state index is 11.9. The second kappa shape index (κ2) is 10.8. The van der Waals surface area contributed by atoms with Crippen molar-refractivity contribution < 1.29 is 49.7 Å². The summed E-state index contributed by atoms with van der Waals surface area (Å²) in [6.07, 6.45) is -8.56. The smallest absolute Gasteiger partial charge is 0.352 e. The maximum atomic E-state index is 11.9. The summed E-state index contributed by atoms with van der Waals surface area (Å²) < 4.78 is 11.5. The molecule has 212 valence electrons. The number of nitrogens with two attached hydrogens (primary N) is 1. The molecule has 3 amide bonds. The van der Waals surface area contributed by atoms with Gasteiger partial charge in [0.1, 0.15) is 42.4 Å². The first-order valence-corrected chi connectivity index (χ1v) is 11.4. The van der Waals surface area contributed by atoms with Gasteiger partial charge in [-0.3, -0.25) is 20.1 Å². The van der Waals surface area contributed by atoms with E-state index >= 15 is 0 Å². The number of anilines is 1. The summed E-state index contributed by atoms with van der Waals surface area (Å²) in [4.78, 5) is 46.7. The standard InChI is InChI=1S/C10H11N5O6.C10H15N3O5/c11-9-13-6-3(7(19)14-9)12-10(20)15(6)8-5(18)4(17)2(1-16)21-8;1-4-2-13(10(17)12-8(4)11)9-7(16)6(15)5(3-14)18-9/h2,4-5,8,16-18H,1H2,(H2,11,14,19);2,5-7,9,14-16H,3H2,1H3,(H2,11,12,17)/t2-,4-,5-,8-;5-,6-,7-,9-/m11/s1. The summed E-state index contributed by atoms with van der Waals surface area (Å²) in [5, 5.41) is 66.5. The Labute approximate surface area is 218 Å². The number of amidine groups is 1. The highest BCUT2D eigenvalue weighted by atomic mass is 16.6. The minimum Gasteiger partial charge on any atom is -0.394 e. The van der Waals surface area contributed by atoms with Crippen LogP contribution in [0.5, 0.6) is 0 Å². The highest BCUT2D eigenvalue weighted by Crippen LogP contribution is 2.29. The summed E-state index contributed by atoms with van der Waals surface area (Å²) >= 11 is 0. The molecule has 1 aromatic rings. The van der Waals surface area contributed by atoms with E-state index in [-0.39, 0.29) is 17.4 Å². The molecule has 0 unspecified atom stereocenters. The fourth-order valence-electron chi connectivity index (χ4n) is 4.16. The number of aliphatic hydroxyl groups is 6. The quantitative estimate of drug-likeness (QED) is 0.168. The lowest BCUT2D eigenvalue weighted by molar-refractivity contribution is -0.113. The summed E-state index contributed by atoms with van der Waals surface area (Å²) in [5.41, 5.74) is 5.05. The number of aliphatic hydroxyl groups excluding tert-OH is 6. The fourth-order valence-corrected chi connectivity index (χ4v) is 4.16. The molecule has 10 N–H and O–H groups in total. The molecular formula is C20H26N8O11. The third kappa shape index (κ3) is 5.04. The molecular weight excluding hydrogens is 528 g/mol. The van der Waals surface area contributed by atoms with Crippen LogP contribution in [0.3, 0.4) is 0 Å². The second-order valence-corrected chi connectivity index (χ2v) is 8.81. The van der Waals surface area contributed by atoms with Crippen molar-refractivity contribution >= 4 is 35.3 Å². The lowest BCUT2D eigenvalue weighted by atomic mass is 10.1. The Morgan fingerprint density at radius 2 is 1.54 bits per heavy atom. The fraction of sp³-hybridized carbons (Fsp3) is 0.550. The number of fused-ring (bicyclic) bond motifs is 1. The summed E-state index contributed by atoms with van der Waals surface area (Å²) in [5.74, 6) is -1.39. The molecule has 8 atom stereocenters. The van der Waals surface area contributed by atoms with Crippen molar-refractivity contribution in [3.05, 3.63) is 22.2 Å². The number of aryl methyl sites for hydroxylation is 1. The van der Waals surface area contributed by atoms with Gasteiger partial charge in [0.25, 0.3) is 5.91 Å². The monoisotopic (exact) mass is 554 g/mol. The Kier molecular flexibility index (Phi) is 7.86. The number of aliphatic imine (C=N–C) groups is 2. The van der Waals surface area contributed by atoms with Crippen molar-refractivity contribution in [3.63, 3.8) is 0 Å². The third-order valence-electron chi connectivity index (χ3n) is 6.25. The number of rotatable bonds is 4. The minimum absolute atomic E-state index is 0.1000. The Balaban J connectivity index is 0.000000183. The molecule has 2 fully saturated rings. The molecule has 4 aliphatic heterocycles. The topological polar surface area (TPSA) is 299 Å². The summed E-state index contributed by atoms with van der Waals surface area (Å²) in [6, 6.07) is -0.913. The average molecular weight is 554 g/mol. The highest BCUT2D eigenvalue weighted by Gasteiger charge is 2.52. The zero-order valence-corrected chi connectivity index (χ0v) is 20.1. The Bertz CT molecular complexity index is 1300. The van der Waals surface area contributed by atoms with E-state index in [2.05, 4.69) is 20.3 Å². The van der Waals surface area contributed by atoms with E-state index in [0.29, 0.717) is 5.56 Å². The number of aromatic nitrogens is 2. The lowest BCUT2D eigenvalue weighted by Crippen LogP contribution is -2.53. The SMILES string of the molecule is Cc1cn([C@@H]2O[C@H](CO)[C@@H](O)[C@H]2O)c(=O)nc1N.N=C1N=C2C(=NC(=O)N2[C@@H]2O[C@H](CO)[C@@H](O)[C@H]2O)C(=O)N1. The Morgan fingerprint density at radius 1 is 0.974 bits per heavy atom. The molecule has 4 aliphatic rings. The van der Waals surface area contributed by atoms with Gasteiger partial charge in [-0.1, -0.05) is 0 Å². The number of nitrogens with one attached hydrogen (secondary N) is 2. The van der Waals surface area contributed by atoms with Gasteiger partial charge < -0.3 is 45.8 Å². The first kappa shape index (κ1) is 28.3. The Morgan fingerprint density at radius 3 is 2.10 bits per heavy atom. The van der Waals surface area contributed by atoms with Crippen LogP contribution in [0.15, 0.2) is 21.0 Å². The summed E-state index contributed by atoms with van der Waals surface area (Å²) in [6.45, 7) is 0.637. The van der Waals surface area contributed by atoms with Gasteiger partial charge >= 0.3 is 11.7 Å². The molecule has 5 rings (SSSR count). The number of guanidine groups is 1. The van der Waals surface area contributed by atoms with Crippen LogP contribution in [0.1, 0.15) is 11.8 Å². The van der Waals surface area contributed by atoms with Gasteiger partial charge in [0.05, 0.1) is 13.2 Å². The number of urea groups is 1. The van der Waals surface area contributed by atoms with Crippen LogP contribution < -0.4 is 16.7 Å². The van der Waals surface area contributed by atoms with Gasteiger partial charge in [-0.05, 0) is 6.92 Å². The van der Waals surface area contributed by atoms with Crippen LogP contribution >= 0.6 is 0 Å². The Hall–Kier alpha value is -3.69. The molecule has 1 aromatic heterocycles. The van der Waals surface area contributed by atoms with E-state index < -0.39 is 85.9 Å². The normalized spacial score (nSPS) is 33.8. The molecule has 0 aromatic carbocycles. The number of carbonyl (C=O) groups excluding carboxylic acids is 2. The van der Waals surface area contributed by atoms with Crippen LogP contribution in [0.25, 0.3) is 0 Å². The zero-order valence-electron chi connectivity index (χ0n) is 20.1. The number of amides is 3. The van der Waals surface area contributed by atoms with E-state index in [1.807, 2.05) is 0 Å². The molecule has 0 aliphatic carbocycles. The average Bonchev–Trinajstić information content (AvgIpc) is 3.47. The van der Waals surface area contributed by atoms with Gasteiger partial charge in [-0.25, -0.2) is 14.5 Å². The van der Waals surface area contributed by atoms with Crippen LogP contribution in [-0.2, 0) is 14.3 Å². The number of nitrogen functional groups attached to an aromatic ring is 1. The third-order valence-corrected chi connectivity index (χ3v) is 6.25. The number of ether oxygens (including phenoxy) is 2. The van der Waals surface area contributed by atoms with E-state index in [0.717, 1.165) is 9.47 Å². The van der Waals surface area contributed by atoms with E-state index in [1.54, 1.807) is 6.92 Å². The van der Waals surface area contributed by atoms with Crippen molar-refractivity contribution in [2.24, 2.45) is 9.98 Å². The van der Waals surface area contributed by atoms with E-state index in [4.69, 9.17) is 30.8 Å². The molecule has 0 saturated carbocycles. The van der Waals surface area contributed by atoms with Crippen molar-refractivity contribution in [1.29, 1.82) is 5.41 Å². The lowest BCUT2D eigenvalue weighted by Gasteiger charge is -2.26. The van der Waals surface area contributed by atoms with Crippen molar-refractivity contribution in [3.8, 4) is 0 Å². The van der Waals surface area contributed by atoms with Gasteiger partial charge in [-0.2, -0.15) is 15.0 Å². The van der Waals surface area contributed by atoms with E-state index in [9.17, 15) is 34.8 Å². The number of hydrogen-bond donors (Lipinski definition) is 9. The van der Waals surface area contributed by atoms with Crippen LogP contribution in [-0.4, -0.2) is 131 Å². The van der Waals surface area contributed by atoms with Gasteiger partial charge in [-0.15, -0.1) is 0 Å². The van der Waals surface area contributed by atoms with Crippen molar-refractivity contribution in [1.82, 2.24) is 19.8 Å². The molecule has 19 nitrogen and oxygen atoms in total. The van der Waals surface area contributed by atoms with Crippen molar-refractivity contribution in [2.75, 3.05) is 18.9 Å². The summed E-state index contributed by atoms with van der Waals surface area (Å²) in [7, 11) is 0. The number of hydrogen-bond acceptors (Lipinski definition) is 14.